The molecular formula is C20H19N3O4. The molecule has 7 heteroatoms. The number of likely N-dealkylation sites (N-methyl/N-ethyl adjacent to an activating group) is 1. The van der Waals surface area contributed by atoms with Gasteiger partial charge in [0, 0.05) is 25.0 Å². The number of nitrogens with one attached hydrogen (secondary N) is 1. The molecule has 0 radical (unpaired) electrons. The lowest BCUT2D eigenvalue weighted by Gasteiger charge is -2.21. The predicted octanol–water partition coefficient (Wildman–Crippen LogP) is 1.84. The number of rotatable bonds is 5. The van der Waals surface area contributed by atoms with E-state index in [0.717, 1.165) is 0 Å². The molecule has 1 amide bonds. The van der Waals surface area contributed by atoms with Gasteiger partial charge in [-0.15, -0.1) is 0 Å². The van der Waals surface area contributed by atoms with Gasteiger partial charge < -0.3 is 9.64 Å². The predicted molar refractivity (Wildman–Crippen MR) is 100 cm³/mol. The minimum Gasteiger partial charge on any atom is -0.447 e. The Morgan fingerprint density at radius 1 is 1.04 bits per heavy atom. The van der Waals surface area contributed by atoms with Crippen molar-refractivity contribution in [2.45, 2.75) is 12.5 Å². The van der Waals surface area contributed by atoms with Crippen LogP contribution in [-0.2, 0) is 20.7 Å². The number of carbonyl (C=O) groups excluding carboxylic acids is 2. The Bertz CT molecular complexity index is 1030. The van der Waals surface area contributed by atoms with E-state index in [2.05, 4.69) is 10.2 Å². The summed E-state index contributed by atoms with van der Waals surface area (Å²) in [5, 5.41) is 7.38. The quantitative estimate of drug-likeness (QED) is 0.697. The molecule has 1 atom stereocenters. The number of fused-ring (bicyclic) bond motifs is 1. The second-order valence-corrected chi connectivity index (χ2v) is 6.24. The normalized spacial score (nSPS) is 11.8. The molecule has 138 valence electrons. The molecule has 0 bridgehead atoms. The molecule has 3 aromatic rings. The summed E-state index contributed by atoms with van der Waals surface area (Å²) in [5.41, 5.74) is 0.649. The molecule has 0 unspecified atom stereocenters. The number of amides is 1. The number of ether oxygens (including phenoxy) is 1. The van der Waals surface area contributed by atoms with Crippen molar-refractivity contribution in [2.24, 2.45) is 0 Å². The smallest absolute Gasteiger partial charge is 0.313 e. The first-order valence-corrected chi connectivity index (χ1v) is 8.39. The molecule has 7 nitrogen and oxygen atoms in total. The van der Waals surface area contributed by atoms with E-state index in [9.17, 15) is 14.4 Å². The van der Waals surface area contributed by atoms with Crippen molar-refractivity contribution in [2.75, 3.05) is 14.1 Å². The van der Waals surface area contributed by atoms with Gasteiger partial charge in [0.15, 0.2) is 0 Å². The van der Waals surface area contributed by atoms with Crippen LogP contribution in [0.3, 0.4) is 0 Å². The van der Waals surface area contributed by atoms with Gasteiger partial charge in [0.05, 0.1) is 17.5 Å². The number of H-pyrrole nitrogens is 1. The number of aromatic amines is 1. The van der Waals surface area contributed by atoms with Crippen molar-refractivity contribution in [3.05, 3.63) is 76.2 Å². The van der Waals surface area contributed by atoms with Crippen LogP contribution in [-0.4, -0.2) is 41.1 Å². The summed E-state index contributed by atoms with van der Waals surface area (Å²) < 4.78 is 5.48. The van der Waals surface area contributed by atoms with Gasteiger partial charge in [-0.2, -0.15) is 5.10 Å². The van der Waals surface area contributed by atoms with Gasteiger partial charge in [0.2, 0.25) is 6.10 Å². The van der Waals surface area contributed by atoms with Crippen LogP contribution in [0.15, 0.2) is 59.4 Å². The largest absolute Gasteiger partial charge is 0.447 e. The molecule has 3 rings (SSSR count). The molecule has 0 aliphatic rings. The third-order valence-corrected chi connectivity index (χ3v) is 4.10. The molecule has 0 spiro atoms. The number of benzene rings is 2. The number of aromatic nitrogens is 2. The highest BCUT2D eigenvalue weighted by atomic mass is 16.5. The van der Waals surface area contributed by atoms with Gasteiger partial charge in [-0.05, 0) is 6.07 Å². The Morgan fingerprint density at radius 3 is 2.33 bits per heavy atom. The number of hydrogen-bond donors (Lipinski definition) is 1. The molecule has 1 aromatic heterocycles. The van der Waals surface area contributed by atoms with Crippen LogP contribution in [0.2, 0.25) is 0 Å². The topological polar surface area (TPSA) is 92.4 Å². The summed E-state index contributed by atoms with van der Waals surface area (Å²) in [5.74, 6) is -0.947. The molecular weight excluding hydrogens is 346 g/mol. The van der Waals surface area contributed by atoms with Gasteiger partial charge in [-0.3, -0.25) is 14.4 Å². The molecule has 0 aliphatic heterocycles. The summed E-state index contributed by atoms with van der Waals surface area (Å²) in [6.07, 6.45) is -1.20. The summed E-state index contributed by atoms with van der Waals surface area (Å²) >= 11 is 0. The maximum Gasteiger partial charge on any atom is 0.313 e. The zero-order valence-electron chi connectivity index (χ0n) is 15.0. The molecule has 1 N–H and O–H groups in total. The van der Waals surface area contributed by atoms with E-state index in [1.54, 1.807) is 62.6 Å². The standard InChI is InChI=1S/C20H19N3O4/c1-23(2)20(26)18(13-8-4-3-5-9-13)27-17(24)12-16-14-10-6-7-11-15(14)19(25)22-21-16/h3-11,18H,12H2,1-2H3,(H,22,25)/t18-/m0/s1. The average Bonchev–Trinajstić information content (AvgIpc) is 2.68. The van der Waals surface area contributed by atoms with Gasteiger partial charge in [-0.25, -0.2) is 5.10 Å². The first kappa shape index (κ1) is 18.3. The van der Waals surface area contributed by atoms with Crippen molar-refractivity contribution in [1.29, 1.82) is 0 Å². The molecule has 2 aromatic carbocycles. The lowest BCUT2D eigenvalue weighted by molar-refractivity contribution is -0.159. The Kier molecular flexibility index (Phi) is 5.30. The zero-order valence-corrected chi connectivity index (χ0v) is 15.0. The highest BCUT2D eigenvalue weighted by Gasteiger charge is 2.27. The van der Waals surface area contributed by atoms with Crippen LogP contribution in [0.1, 0.15) is 17.4 Å². The average molecular weight is 365 g/mol. The zero-order chi connectivity index (χ0) is 19.4. The minimum absolute atomic E-state index is 0.165. The number of carbonyl (C=O) groups is 2. The van der Waals surface area contributed by atoms with E-state index >= 15 is 0 Å². The number of hydrogen-bond acceptors (Lipinski definition) is 5. The second kappa shape index (κ2) is 7.82. The van der Waals surface area contributed by atoms with E-state index < -0.39 is 12.1 Å². The Balaban J connectivity index is 1.86. The fourth-order valence-electron chi connectivity index (χ4n) is 2.74. The van der Waals surface area contributed by atoms with Crippen LogP contribution in [0.4, 0.5) is 0 Å². The lowest BCUT2D eigenvalue weighted by atomic mass is 10.1. The minimum atomic E-state index is -1.04. The third-order valence-electron chi connectivity index (χ3n) is 4.10. The molecule has 0 saturated heterocycles. The molecule has 1 heterocycles. The second-order valence-electron chi connectivity index (χ2n) is 6.24. The fourth-order valence-corrected chi connectivity index (χ4v) is 2.74. The van der Waals surface area contributed by atoms with E-state index in [4.69, 9.17) is 4.74 Å². The van der Waals surface area contributed by atoms with Crippen molar-refractivity contribution in [1.82, 2.24) is 15.1 Å². The lowest BCUT2D eigenvalue weighted by Crippen LogP contribution is -2.31. The summed E-state index contributed by atoms with van der Waals surface area (Å²) in [6, 6.07) is 15.7. The van der Waals surface area contributed by atoms with Crippen molar-refractivity contribution in [3.8, 4) is 0 Å². The first-order chi connectivity index (χ1) is 13.0. The number of esters is 1. The highest BCUT2D eigenvalue weighted by molar-refractivity contribution is 5.88. The Hall–Kier alpha value is -3.48. The molecule has 0 fully saturated rings. The van der Waals surface area contributed by atoms with Crippen LogP contribution < -0.4 is 5.56 Å². The van der Waals surface area contributed by atoms with Gasteiger partial charge in [-0.1, -0.05) is 48.5 Å². The fraction of sp³-hybridized carbons (Fsp3) is 0.200. The molecule has 0 aliphatic carbocycles. The summed E-state index contributed by atoms with van der Waals surface area (Å²) in [4.78, 5) is 38.2. The van der Waals surface area contributed by atoms with Crippen LogP contribution in [0.25, 0.3) is 10.8 Å². The van der Waals surface area contributed by atoms with Crippen molar-refractivity contribution >= 4 is 22.6 Å². The first-order valence-electron chi connectivity index (χ1n) is 8.39. The maximum absolute atomic E-state index is 12.5. The Morgan fingerprint density at radius 2 is 1.67 bits per heavy atom. The van der Waals surface area contributed by atoms with Gasteiger partial charge in [0.25, 0.3) is 11.5 Å². The molecule has 27 heavy (non-hydrogen) atoms. The van der Waals surface area contributed by atoms with Gasteiger partial charge in [0.1, 0.15) is 0 Å². The van der Waals surface area contributed by atoms with Crippen molar-refractivity contribution < 1.29 is 14.3 Å². The van der Waals surface area contributed by atoms with Crippen LogP contribution in [0.5, 0.6) is 0 Å². The molecule has 0 saturated carbocycles. The third kappa shape index (κ3) is 4.03. The Labute approximate surface area is 155 Å². The highest BCUT2D eigenvalue weighted by Crippen LogP contribution is 2.21. The summed E-state index contributed by atoms with van der Waals surface area (Å²) in [6.45, 7) is 0. The van der Waals surface area contributed by atoms with Crippen LogP contribution >= 0.6 is 0 Å². The van der Waals surface area contributed by atoms with E-state index in [-0.39, 0.29) is 17.9 Å². The SMILES string of the molecule is CN(C)C(=O)[C@@H](OC(=O)Cc1n[nH]c(=O)c2ccccc12)c1ccccc1. The van der Waals surface area contributed by atoms with E-state index in [1.807, 2.05) is 6.07 Å². The monoisotopic (exact) mass is 365 g/mol. The summed E-state index contributed by atoms with van der Waals surface area (Å²) in [7, 11) is 3.20. The maximum atomic E-state index is 12.5. The van der Waals surface area contributed by atoms with Gasteiger partial charge >= 0.3 is 5.97 Å². The van der Waals surface area contributed by atoms with E-state index in [0.29, 0.717) is 22.0 Å². The van der Waals surface area contributed by atoms with Crippen molar-refractivity contribution in [3.63, 3.8) is 0 Å². The van der Waals surface area contributed by atoms with Crippen LogP contribution in [0, 0.1) is 0 Å². The van der Waals surface area contributed by atoms with E-state index in [1.165, 1.54) is 4.90 Å². The number of nitrogens with zero attached hydrogens (tertiary/aromatic N) is 2.